The van der Waals surface area contributed by atoms with Crippen LogP contribution >= 0.6 is 11.6 Å². The summed E-state index contributed by atoms with van der Waals surface area (Å²) in [4.78, 5) is 25.4. The van der Waals surface area contributed by atoms with Gasteiger partial charge in [0.25, 0.3) is 5.56 Å². The van der Waals surface area contributed by atoms with E-state index in [-0.39, 0.29) is 23.2 Å². The molecule has 1 aliphatic rings. The van der Waals surface area contributed by atoms with Crippen molar-refractivity contribution in [2.45, 2.75) is 12.5 Å². The lowest BCUT2D eigenvalue weighted by atomic mass is 10.1. The van der Waals surface area contributed by atoms with Crippen LogP contribution in [0.4, 0.5) is 5.82 Å². The fraction of sp³-hybridized carbons (Fsp3) is 0.400. The number of nitrogens with one attached hydrogen (secondary N) is 2. The Balaban J connectivity index is 1.95. The number of hydrogen-bond acceptors (Lipinski definition) is 6. The van der Waals surface area contributed by atoms with Crippen LogP contribution in [0.5, 0.6) is 0 Å². The van der Waals surface area contributed by atoms with Gasteiger partial charge >= 0.3 is 0 Å². The van der Waals surface area contributed by atoms with E-state index in [4.69, 9.17) is 16.7 Å². The number of halogens is 1. The van der Waals surface area contributed by atoms with E-state index in [1.807, 2.05) is 4.90 Å². The van der Waals surface area contributed by atoms with Crippen LogP contribution < -0.4 is 15.8 Å². The van der Waals surface area contributed by atoms with E-state index in [2.05, 4.69) is 20.3 Å². The molecule has 0 bridgehead atoms. The van der Waals surface area contributed by atoms with Gasteiger partial charge in [0.2, 0.25) is 0 Å². The Hall–Kier alpha value is -1.96. The first kappa shape index (κ1) is 15.9. The molecular formula is C15H18ClN5O2. The van der Waals surface area contributed by atoms with Crippen molar-refractivity contribution in [2.24, 2.45) is 0 Å². The highest BCUT2D eigenvalue weighted by atomic mass is 35.5. The highest BCUT2D eigenvalue weighted by Crippen LogP contribution is 2.24. The number of piperazine rings is 1. The van der Waals surface area contributed by atoms with E-state index in [9.17, 15) is 4.79 Å². The van der Waals surface area contributed by atoms with Gasteiger partial charge in [-0.2, -0.15) is 0 Å². The molecule has 0 amide bonds. The monoisotopic (exact) mass is 335 g/mol. The van der Waals surface area contributed by atoms with Crippen LogP contribution in [0.1, 0.15) is 6.42 Å². The third kappa shape index (κ3) is 3.52. The van der Waals surface area contributed by atoms with Crippen LogP contribution in [0.25, 0.3) is 11.4 Å². The molecule has 2 aromatic heterocycles. The minimum absolute atomic E-state index is 0.0902. The van der Waals surface area contributed by atoms with E-state index in [0.717, 1.165) is 12.1 Å². The standard InChI is InChI=1S/C15H18ClN5O2/c16-12-14(21-7-6-18-11(9-21)3-8-22)19-13(20-15(12)23)10-1-4-17-5-2-10/h1-2,4-5,11,18,22H,3,6-9H2,(H,19,20,23)/t11-/m0/s1. The number of nitrogens with zero attached hydrogens (tertiary/aromatic N) is 3. The minimum Gasteiger partial charge on any atom is -0.396 e. The van der Waals surface area contributed by atoms with Gasteiger partial charge in [0.15, 0.2) is 5.82 Å². The van der Waals surface area contributed by atoms with E-state index in [1.54, 1.807) is 24.5 Å². The summed E-state index contributed by atoms with van der Waals surface area (Å²) in [6.45, 7) is 2.21. The molecule has 3 rings (SSSR count). The second kappa shape index (κ2) is 7.08. The van der Waals surface area contributed by atoms with Gasteiger partial charge in [0.05, 0.1) is 0 Å². The Morgan fingerprint density at radius 1 is 1.39 bits per heavy atom. The highest BCUT2D eigenvalue weighted by Gasteiger charge is 2.23. The number of rotatable bonds is 4. The molecule has 1 aliphatic heterocycles. The van der Waals surface area contributed by atoms with Crippen molar-refractivity contribution in [3.63, 3.8) is 0 Å². The van der Waals surface area contributed by atoms with Crippen LogP contribution in [0.3, 0.4) is 0 Å². The maximum absolute atomic E-state index is 12.2. The van der Waals surface area contributed by atoms with Gasteiger partial charge in [-0.25, -0.2) is 4.98 Å². The van der Waals surface area contributed by atoms with Crippen molar-refractivity contribution in [1.29, 1.82) is 0 Å². The zero-order chi connectivity index (χ0) is 16.2. The molecule has 0 aliphatic carbocycles. The van der Waals surface area contributed by atoms with Gasteiger partial charge in [0, 0.05) is 50.2 Å². The zero-order valence-electron chi connectivity index (χ0n) is 12.5. The predicted octanol–water partition coefficient (Wildman–Crippen LogP) is 0.646. The van der Waals surface area contributed by atoms with Gasteiger partial charge in [-0.15, -0.1) is 0 Å². The summed E-state index contributed by atoms with van der Waals surface area (Å²) in [5, 5.41) is 12.5. The number of pyridine rings is 1. The molecule has 1 atom stereocenters. The summed E-state index contributed by atoms with van der Waals surface area (Å²) in [6, 6.07) is 3.71. The van der Waals surface area contributed by atoms with Crippen LogP contribution in [0.2, 0.25) is 5.02 Å². The molecule has 2 aromatic rings. The van der Waals surface area contributed by atoms with E-state index in [0.29, 0.717) is 31.2 Å². The average molecular weight is 336 g/mol. The topological polar surface area (TPSA) is 94.1 Å². The first-order valence-electron chi connectivity index (χ1n) is 7.48. The fourth-order valence-corrected chi connectivity index (χ4v) is 2.88. The number of anilines is 1. The lowest BCUT2D eigenvalue weighted by Gasteiger charge is -2.34. The van der Waals surface area contributed by atoms with Crippen molar-refractivity contribution in [3.05, 3.63) is 39.9 Å². The molecule has 8 heteroatoms. The second-order valence-corrected chi connectivity index (χ2v) is 5.78. The minimum atomic E-state index is -0.360. The second-order valence-electron chi connectivity index (χ2n) is 5.40. The molecular weight excluding hydrogens is 318 g/mol. The van der Waals surface area contributed by atoms with Crippen LogP contribution in [-0.2, 0) is 0 Å². The first-order valence-corrected chi connectivity index (χ1v) is 7.86. The van der Waals surface area contributed by atoms with Crippen molar-refractivity contribution in [2.75, 3.05) is 31.1 Å². The molecule has 1 fully saturated rings. The Morgan fingerprint density at radius 2 is 2.17 bits per heavy atom. The number of aliphatic hydroxyl groups excluding tert-OH is 1. The Labute approximate surface area is 138 Å². The van der Waals surface area contributed by atoms with Gasteiger partial charge in [-0.05, 0) is 18.6 Å². The fourth-order valence-electron chi connectivity index (χ4n) is 2.67. The van der Waals surface area contributed by atoms with Gasteiger partial charge < -0.3 is 20.3 Å². The SMILES string of the molecule is O=c1[nH]c(-c2ccncc2)nc(N2CCN[C@@H](CCO)C2)c1Cl. The Morgan fingerprint density at radius 3 is 2.91 bits per heavy atom. The number of H-pyrrole nitrogens is 1. The number of aromatic nitrogens is 3. The van der Waals surface area contributed by atoms with Crippen LogP contribution in [0, 0.1) is 0 Å². The molecule has 0 unspecified atom stereocenters. The quantitative estimate of drug-likeness (QED) is 0.759. The summed E-state index contributed by atoms with van der Waals surface area (Å²) in [5.41, 5.74) is 0.415. The molecule has 1 saturated heterocycles. The van der Waals surface area contributed by atoms with Crippen LogP contribution in [-0.4, -0.2) is 52.3 Å². The summed E-state index contributed by atoms with van der Waals surface area (Å²) >= 11 is 6.18. The van der Waals surface area contributed by atoms with Gasteiger partial charge in [-0.1, -0.05) is 11.6 Å². The lowest BCUT2D eigenvalue weighted by molar-refractivity contribution is 0.260. The molecule has 23 heavy (non-hydrogen) atoms. The van der Waals surface area contributed by atoms with E-state index >= 15 is 0 Å². The van der Waals surface area contributed by atoms with Crippen molar-refractivity contribution >= 4 is 17.4 Å². The van der Waals surface area contributed by atoms with Crippen molar-refractivity contribution in [1.82, 2.24) is 20.3 Å². The summed E-state index contributed by atoms with van der Waals surface area (Å²) in [6.07, 6.45) is 3.94. The maximum Gasteiger partial charge on any atom is 0.272 e. The van der Waals surface area contributed by atoms with Gasteiger partial charge in [0.1, 0.15) is 10.8 Å². The Bertz CT molecular complexity index is 720. The average Bonchev–Trinajstić information content (AvgIpc) is 2.58. The van der Waals surface area contributed by atoms with Crippen molar-refractivity contribution < 1.29 is 5.11 Å². The first-order chi connectivity index (χ1) is 11.2. The normalized spacial score (nSPS) is 18.2. The molecule has 3 N–H and O–H groups in total. The number of hydrogen-bond donors (Lipinski definition) is 3. The van der Waals surface area contributed by atoms with E-state index < -0.39 is 0 Å². The molecule has 122 valence electrons. The summed E-state index contributed by atoms with van der Waals surface area (Å²) in [5.74, 6) is 0.945. The lowest BCUT2D eigenvalue weighted by Crippen LogP contribution is -2.51. The van der Waals surface area contributed by atoms with Crippen molar-refractivity contribution in [3.8, 4) is 11.4 Å². The maximum atomic E-state index is 12.2. The zero-order valence-corrected chi connectivity index (χ0v) is 13.3. The molecule has 3 heterocycles. The molecule has 0 saturated carbocycles. The summed E-state index contributed by atoms with van der Waals surface area (Å²) in [7, 11) is 0. The molecule has 0 aromatic carbocycles. The van der Waals surface area contributed by atoms with Gasteiger partial charge in [-0.3, -0.25) is 9.78 Å². The smallest absolute Gasteiger partial charge is 0.272 e. The highest BCUT2D eigenvalue weighted by molar-refractivity contribution is 6.32. The number of aliphatic hydroxyl groups is 1. The largest absolute Gasteiger partial charge is 0.396 e. The Kier molecular flexibility index (Phi) is 4.90. The van der Waals surface area contributed by atoms with Crippen LogP contribution in [0.15, 0.2) is 29.3 Å². The third-order valence-corrected chi connectivity index (χ3v) is 4.17. The number of aromatic amines is 1. The summed E-state index contributed by atoms with van der Waals surface area (Å²) < 4.78 is 0. The molecule has 7 nitrogen and oxygen atoms in total. The third-order valence-electron chi connectivity index (χ3n) is 3.83. The predicted molar refractivity (Wildman–Crippen MR) is 88.8 cm³/mol. The molecule has 0 radical (unpaired) electrons. The van der Waals surface area contributed by atoms with E-state index in [1.165, 1.54) is 0 Å². The molecule has 0 spiro atoms.